The molecule has 6 heteroatoms. The summed E-state index contributed by atoms with van der Waals surface area (Å²) in [6.07, 6.45) is 2.13. The Morgan fingerprint density at radius 2 is 2.00 bits per heavy atom. The predicted octanol–water partition coefficient (Wildman–Crippen LogP) is 3.07. The number of anilines is 1. The SMILES string of the molecule is Nc1nnc(SCCCCOc2ccccc2)s1. The van der Waals surface area contributed by atoms with E-state index in [1.165, 1.54) is 11.3 Å². The van der Waals surface area contributed by atoms with Gasteiger partial charge in [0.2, 0.25) is 5.13 Å². The normalized spacial score (nSPS) is 10.4. The van der Waals surface area contributed by atoms with Gasteiger partial charge in [0.25, 0.3) is 0 Å². The molecular weight excluding hydrogens is 266 g/mol. The zero-order valence-electron chi connectivity index (χ0n) is 9.91. The van der Waals surface area contributed by atoms with Crippen LogP contribution in [0.15, 0.2) is 34.7 Å². The van der Waals surface area contributed by atoms with Gasteiger partial charge >= 0.3 is 0 Å². The molecule has 0 saturated heterocycles. The van der Waals surface area contributed by atoms with Crippen molar-refractivity contribution in [1.82, 2.24) is 10.2 Å². The lowest BCUT2D eigenvalue weighted by atomic mass is 10.3. The average molecular weight is 281 g/mol. The van der Waals surface area contributed by atoms with E-state index in [0.717, 1.165) is 35.3 Å². The molecule has 2 aromatic rings. The summed E-state index contributed by atoms with van der Waals surface area (Å²) in [6.45, 7) is 0.753. The number of hydrogen-bond acceptors (Lipinski definition) is 6. The Balaban J connectivity index is 1.54. The molecule has 0 saturated carbocycles. The minimum atomic E-state index is 0.532. The maximum Gasteiger partial charge on any atom is 0.203 e. The van der Waals surface area contributed by atoms with Crippen molar-refractivity contribution in [1.29, 1.82) is 0 Å². The van der Waals surface area contributed by atoms with Gasteiger partial charge in [0.1, 0.15) is 5.75 Å². The molecule has 0 aliphatic rings. The van der Waals surface area contributed by atoms with Gasteiger partial charge in [0.15, 0.2) is 4.34 Å². The third kappa shape index (κ3) is 4.54. The molecule has 0 fully saturated rings. The Hall–Kier alpha value is -1.27. The van der Waals surface area contributed by atoms with Crippen molar-refractivity contribution in [3.05, 3.63) is 30.3 Å². The van der Waals surface area contributed by atoms with E-state index in [0.29, 0.717) is 5.13 Å². The van der Waals surface area contributed by atoms with Crippen LogP contribution in [0.1, 0.15) is 12.8 Å². The number of thioether (sulfide) groups is 1. The number of nitrogens with two attached hydrogens (primary N) is 1. The van der Waals surface area contributed by atoms with Crippen LogP contribution in [0, 0.1) is 0 Å². The highest BCUT2D eigenvalue weighted by Crippen LogP contribution is 2.24. The average Bonchev–Trinajstić information content (AvgIpc) is 2.81. The van der Waals surface area contributed by atoms with Crippen LogP contribution in [0.4, 0.5) is 5.13 Å². The van der Waals surface area contributed by atoms with Gasteiger partial charge in [-0.25, -0.2) is 0 Å². The maximum absolute atomic E-state index is 5.61. The second-order valence-corrected chi connectivity index (χ2v) is 5.97. The van der Waals surface area contributed by atoms with Crippen LogP contribution >= 0.6 is 23.1 Å². The first-order valence-corrected chi connectivity index (χ1v) is 7.54. The van der Waals surface area contributed by atoms with Crippen molar-refractivity contribution in [2.45, 2.75) is 17.2 Å². The number of unbranched alkanes of at least 4 members (excludes halogenated alkanes) is 1. The van der Waals surface area contributed by atoms with E-state index >= 15 is 0 Å². The topological polar surface area (TPSA) is 61.0 Å². The minimum Gasteiger partial charge on any atom is -0.494 e. The van der Waals surface area contributed by atoms with E-state index in [-0.39, 0.29) is 0 Å². The van der Waals surface area contributed by atoms with Crippen LogP contribution in [-0.4, -0.2) is 22.6 Å². The molecule has 2 N–H and O–H groups in total. The van der Waals surface area contributed by atoms with Crippen LogP contribution in [0.25, 0.3) is 0 Å². The molecule has 0 spiro atoms. The molecule has 0 aliphatic heterocycles. The first-order valence-electron chi connectivity index (χ1n) is 5.74. The lowest BCUT2D eigenvalue weighted by Crippen LogP contribution is -1.97. The molecule has 0 amide bonds. The number of hydrogen-bond donors (Lipinski definition) is 1. The van der Waals surface area contributed by atoms with Crippen LogP contribution in [0.5, 0.6) is 5.75 Å². The van der Waals surface area contributed by atoms with Crippen LogP contribution in [0.2, 0.25) is 0 Å². The zero-order valence-corrected chi connectivity index (χ0v) is 11.5. The number of nitrogens with zero attached hydrogens (tertiary/aromatic N) is 2. The lowest BCUT2D eigenvalue weighted by Gasteiger charge is -2.04. The summed E-state index contributed by atoms with van der Waals surface area (Å²) in [5, 5.41) is 8.26. The fraction of sp³-hybridized carbons (Fsp3) is 0.333. The van der Waals surface area contributed by atoms with Crippen molar-refractivity contribution >= 4 is 28.2 Å². The third-order valence-corrected chi connectivity index (χ3v) is 4.17. The number of aromatic nitrogens is 2. The zero-order chi connectivity index (χ0) is 12.6. The van der Waals surface area contributed by atoms with Gasteiger partial charge in [0, 0.05) is 5.75 Å². The third-order valence-electron chi connectivity index (χ3n) is 2.20. The molecule has 0 aliphatic carbocycles. The summed E-state index contributed by atoms with van der Waals surface area (Å²) < 4.78 is 6.55. The van der Waals surface area contributed by atoms with Gasteiger partial charge in [-0.3, -0.25) is 0 Å². The molecule has 1 aromatic heterocycles. The van der Waals surface area contributed by atoms with Gasteiger partial charge in [-0.2, -0.15) is 0 Å². The molecule has 0 unspecified atom stereocenters. The number of benzene rings is 1. The second kappa shape index (κ2) is 7.23. The summed E-state index contributed by atoms with van der Waals surface area (Å²) in [6, 6.07) is 9.88. The first-order chi connectivity index (χ1) is 8.84. The molecule has 1 heterocycles. The van der Waals surface area contributed by atoms with E-state index in [4.69, 9.17) is 10.5 Å². The summed E-state index contributed by atoms with van der Waals surface area (Å²) in [5.74, 6) is 1.95. The van der Waals surface area contributed by atoms with Crippen molar-refractivity contribution in [2.24, 2.45) is 0 Å². The lowest BCUT2D eigenvalue weighted by molar-refractivity contribution is 0.310. The molecule has 0 atom stereocenters. The van der Waals surface area contributed by atoms with Crippen molar-refractivity contribution < 1.29 is 4.74 Å². The maximum atomic E-state index is 5.61. The van der Waals surface area contributed by atoms with Gasteiger partial charge in [-0.05, 0) is 25.0 Å². The molecule has 96 valence electrons. The Morgan fingerprint density at radius 3 is 2.72 bits per heavy atom. The largest absolute Gasteiger partial charge is 0.494 e. The summed E-state index contributed by atoms with van der Waals surface area (Å²) in [5.41, 5.74) is 5.51. The van der Waals surface area contributed by atoms with Crippen LogP contribution in [0.3, 0.4) is 0 Å². The Labute approximate surface area is 115 Å². The summed E-state index contributed by atoms with van der Waals surface area (Å²) in [4.78, 5) is 0. The summed E-state index contributed by atoms with van der Waals surface area (Å²) in [7, 11) is 0. The van der Waals surface area contributed by atoms with Gasteiger partial charge < -0.3 is 10.5 Å². The Kier molecular flexibility index (Phi) is 5.29. The Bertz CT molecular complexity index is 461. The van der Waals surface area contributed by atoms with Crippen molar-refractivity contribution in [2.75, 3.05) is 18.1 Å². The molecule has 2 rings (SSSR count). The molecular formula is C12H15N3OS2. The molecule has 18 heavy (non-hydrogen) atoms. The van der Waals surface area contributed by atoms with Crippen LogP contribution in [-0.2, 0) is 0 Å². The van der Waals surface area contributed by atoms with E-state index in [1.807, 2.05) is 30.3 Å². The highest BCUT2D eigenvalue weighted by Gasteiger charge is 2.01. The minimum absolute atomic E-state index is 0.532. The fourth-order valence-corrected chi connectivity index (χ4v) is 3.05. The van der Waals surface area contributed by atoms with Gasteiger partial charge in [0.05, 0.1) is 6.61 Å². The van der Waals surface area contributed by atoms with E-state index in [1.54, 1.807) is 11.8 Å². The first kappa shape index (κ1) is 13.2. The van der Waals surface area contributed by atoms with Gasteiger partial charge in [-0.1, -0.05) is 41.3 Å². The number of rotatable bonds is 7. The summed E-state index contributed by atoms with van der Waals surface area (Å²) >= 11 is 3.13. The smallest absolute Gasteiger partial charge is 0.203 e. The van der Waals surface area contributed by atoms with Crippen molar-refractivity contribution in [3.63, 3.8) is 0 Å². The molecule has 0 radical (unpaired) electrons. The quantitative estimate of drug-likeness (QED) is 0.624. The standard InChI is InChI=1S/C12H15N3OS2/c13-11-14-15-12(18-11)17-9-5-4-8-16-10-6-2-1-3-7-10/h1-3,6-7H,4-5,8-9H2,(H2,13,14). The van der Waals surface area contributed by atoms with Crippen molar-refractivity contribution in [3.8, 4) is 5.75 Å². The van der Waals surface area contributed by atoms with E-state index in [9.17, 15) is 0 Å². The highest BCUT2D eigenvalue weighted by molar-refractivity contribution is 8.01. The Morgan fingerprint density at radius 1 is 1.17 bits per heavy atom. The monoisotopic (exact) mass is 281 g/mol. The number of para-hydroxylation sites is 1. The number of nitrogen functional groups attached to an aromatic ring is 1. The molecule has 0 bridgehead atoms. The van der Waals surface area contributed by atoms with E-state index < -0.39 is 0 Å². The second-order valence-electron chi connectivity index (χ2n) is 3.62. The molecule has 4 nitrogen and oxygen atoms in total. The van der Waals surface area contributed by atoms with Crippen LogP contribution < -0.4 is 10.5 Å². The number of ether oxygens (including phenoxy) is 1. The fourth-order valence-electron chi connectivity index (χ4n) is 1.35. The van der Waals surface area contributed by atoms with E-state index in [2.05, 4.69) is 10.2 Å². The van der Waals surface area contributed by atoms with Gasteiger partial charge in [-0.15, -0.1) is 10.2 Å². The highest BCUT2D eigenvalue weighted by atomic mass is 32.2. The predicted molar refractivity (Wildman–Crippen MR) is 76.2 cm³/mol. The molecule has 1 aromatic carbocycles.